The highest BCUT2D eigenvalue weighted by atomic mass is 19.1. The fourth-order valence-electron chi connectivity index (χ4n) is 4.08. The lowest BCUT2D eigenvalue weighted by Crippen LogP contribution is -2.29. The molecule has 0 radical (unpaired) electrons. The molecule has 7 nitrogen and oxygen atoms in total. The van der Waals surface area contributed by atoms with E-state index in [-0.39, 0.29) is 23.4 Å². The molecule has 1 amide bonds. The van der Waals surface area contributed by atoms with E-state index < -0.39 is 23.5 Å². The molecule has 0 spiro atoms. The maximum absolute atomic E-state index is 13.5. The van der Waals surface area contributed by atoms with Crippen LogP contribution in [0.25, 0.3) is 5.76 Å². The van der Waals surface area contributed by atoms with Crippen LogP contribution in [0.2, 0.25) is 0 Å². The summed E-state index contributed by atoms with van der Waals surface area (Å²) in [6.07, 6.45) is 3.20. The maximum Gasteiger partial charge on any atom is 0.295 e. The van der Waals surface area contributed by atoms with Gasteiger partial charge in [0.2, 0.25) is 0 Å². The Kier molecular flexibility index (Phi) is 7.10. The summed E-state index contributed by atoms with van der Waals surface area (Å²) >= 11 is 0. The molecule has 1 N–H and O–H groups in total. The van der Waals surface area contributed by atoms with E-state index >= 15 is 0 Å². The molecule has 1 aromatic heterocycles. The number of aromatic nitrogens is 1. The Morgan fingerprint density at radius 2 is 1.63 bits per heavy atom. The third kappa shape index (κ3) is 4.87. The second-order valence-corrected chi connectivity index (χ2v) is 7.86. The Bertz CT molecular complexity index is 1260. The van der Waals surface area contributed by atoms with Gasteiger partial charge in [-0.15, -0.1) is 0 Å². The molecular weight excluding hydrogens is 451 g/mol. The Morgan fingerprint density at radius 3 is 2.29 bits per heavy atom. The molecule has 1 fully saturated rings. The number of amides is 1. The molecule has 1 unspecified atom stereocenters. The first kappa shape index (κ1) is 23.9. The lowest BCUT2D eigenvalue weighted by atomic mass is 9.94. The quantitative estimate of drug-likeness (QED) is 0.290. The number of hydrogen-bond donors (Lipinski definition) is 1. The van der Waals surface area contributed by atoms with Gasteiger partial charge in [0, 0.05) is 24.5 Å². The Balaban J connectivity index is 1.88. The fraction of sp³-hybridized carbons (Fsp3) is 0.222. The van der Waals surface area contributed by atoms with Crippen LogP contribution in [0.5, 0.6) is 11.5 Å². The number of rotatable bonds is 8. The lowest BCUT2D eigenvalue weighted by Gasteiger charge is -2.26. The van der Waals surface area contributed by atoms with E-state index in [1.165, 1.54) is 29.2 Å². The van der Waals surface area contributed by atoms with Crippen molar-refractivity contribution in [3.8, 4) is 11.5 Å². The van der Waals surface area contributed by atoms with Crippen molar-refractivity contribution in [1.29, 1.82) is 0 Å². The third-order valence-electron chi connectivity index (χ3n) is 5.64. The highest BCUT2D eigenvalue weighted by molar-refractivity contribution is 6.46. The molecule has 3 aromatic rings. The van der Waals surface area contributed by atoms with Crippen LogP contribution in [-0.4, -0.2) is 39.9 Å². The highest BCUT2D eigenvalue weighted by Crippen LogP contribution is 2.42. The number of ketones is 1. The monoisotopic (exact) mass is 476 g/mol. The molecule has 180 valence electrons. The number of halogens is 1. The number of pyridine rings is 1. The number of carbonyl (C=O) groups is 2. The summed E-state index contributed by atoms with van der Waals surface area (Å²) < 4.78 is 24.9. The van der Waals surface area contributed by atoms with Gasteiger partial charge in [-0.2, -0.15) is 0 Å². The Labute approximate surface area is 202 Å². The largest absolute Gasteiger partial charge is 0.507 e. The van der Waals surface area contributed by atoms with E-state index in [9.17, 15) is 19.1 Å². The molecule has 4 rings (SSSR count). The molecule has 1 saturated heterocycles. The molecule has 2 aromatic carbocycles. The predicted molar refractivity (Wildman–Crippen MR) is 127 cm³/mol. The zero-order valence-corrected chi connectivity index (χ0v) is 19.4. The molecule has 2 heterocycles. The smallest absolute Gasteiger partial charge is 0.295 e. The minimum absolute atomic E-state index is 0.0812. The van der Waals surface area contributed by atoms with Gasteiger partial charge in [0.05, 0.1) is 24.8 Å². The maximum atomic E-state index is 13.5. The van der Waals surface area contributed by atoms with Crippen molar-refractivity contribution in [2.24, 2.45) is 0 Å². The molecule has 0 aliphatic carbocycles. The average molecular weight is 477 g/mol. The highest BCUT2D eigenvalue weighted by Gasteiger charge is 2.46. The number of ether oxygens (including phenoxy) is 2. The molecule has 0 saturated carbocycles. The summed E-state index contributed by atoms with van der Waals surface area (Å²) in [5, 5.41) is 11.1. The van der Waals surface area contributed by atoms with Crippen molar-refractivity contribution >= 4 is 17.4 Å². The summed E-state index contributed by atoms with van der Waals surface area (Å²) in [7, 11) is 0. The van der Waals surface area contributed by atoms with Gasteiger partial charge in [0.25, 0.3) is 11.7 Å². The number of benzene rings is 2. The van der Waals surface area contributed by atoms with Crippen LogP contribution in [0.3, 0.4) is 0 Å². The van der Waals surface area contributed by atoms with Crippen molar-refractivity contribution in [3.05, 3.63) is 95.1 Å². The van der Waals surface area contributed by atoms with Crippen molar-refractivity contribution in [3.63, 3.8) is 0 Å². The van der Waals surface area contributed by atoms with E-state index in [0.717, 1.165) is 5.56 Å². The summed E-state index contributed by atoms with van der Waals surface area (Å²) in [5.41, 5.74) is 1.48. The van der Waals surface area contributed by atoms with E-state index in [0.29, 0.717) is 30.3 Å². The second kappa shape index (κ2) is 10.4. The topological polar surface area (TPSA) is 89.0 Å². The minimum Gasteiger partial charge on any atom is -0.507 e. The molecule has 1 aliphatic heterocycles. The summed E-state index contributed by atoms with van der Waals surface area (Å²) in [6.45, 7) is 4.64. The van der Waals surface area contributed by atoms with E-state index in [2.05, 4.69) is 4.98 Å². The number of carbonyl (C=O) groups excluding carboxylic acids is 2. The fourth-order valence-corrected chi connectivity index (χ4v) is 4.08. The van der Waals surface area contributed by atoms with Gasteiger partial charge in [-0.3, -0.25) is 14.6 Å². The normalized spacial score (nSPS) is 17.0. The molecule has 35 heavy (non-hydrogen) atoms. The molecule has 0 bridgehead atoms. The first-order valence-corrected chi connectivity index (χ1v) is 11.3. The van der Waals surface area contributed by atoms with Crippen LogP contribution in [0.4, 0.5) is 4.39 Å². The lowest BCUT2D eigenvalue weighted by molar-refractivity contribution is -0.140. The van der Waals surface area contributed by atoms with Crippen LogP contribution >= 0.6 is 0 Å². The van der Waals surface area contributed by atoms with Crippen molar-refractivity contribution in [2.75, 3.05) is 13.2 Å². The zero-order valence-electron chi connectivity index (χ0n) is 19.4. The number of aliphatic hydroxyl groups is 1. The van der Waals surface area contributed by atoms with Crippen molar-refractivity contribution in [1.82, 2.24) is 9.88 Å². The number of hydrogen-bond acceptors (Lipinski definition) is 6. The zero-order chi connectivity index (χ0) is 24.9. The number of aliphatic hydroxyl groups excluding tert-OH is 1. The van der Waals surface area contributed by atoms with E-state index in [1.54, 1.807) is 42.7 Å². The molecule has 1 atom stereocenters. The first-order chi connectivity index (χ1) is 16.9. The van der Waals surface area contributed by atoms with Crippen LogP contribution in [0.15, 0.2) is 72.6 Å². The van der Waals surface area contributed by atoms with Gasteiger partial charge in [-0.25, -0.2) is 4.39 Å². The van der Waals surface area contributed by atoms with Crippen LogP contribution < -0.4 is 9.47 Å². The van der Waals surface area contributed by atoms with Crippen LogP contribution in [0.1, 0.15) is 36.6 Å². The van der Waals surface area contributed by atoms with E-state index in [4.69, 9.17) is 9.47 Å². The summed E-state index contributed by atoms with van der Waals surface area (Å²) in [6, 6.07) is 12.9. The van der Waals surface area contributed by atoms with Crippen LogP contribution in [0, 0.1) is 5.82 Å². The third-order valence-corrected chi connectivity index (χ3v) is 5.64. The molecular formula is C27H25FN2O5. The summed E-state index contributed by atoms with van der Waals surface area (Å²) in [4.78, 5) is 31.8. The number of nitrogens with zero attached hydrogens (tertiary/aromatic N) is 2. The average Bonchev–Trinajstić information content (AvgIpc) is 3.11. The van der Waals surface area contributed by atoms with Gasteiger partial charge in [-0.05, 0) is 73.5 Å². The Hall–Kier alpha value is -4.20. The standard InChI is InChI=1S/C27H25FN2O5/c1-3-34-21-10-7-19(15-22(21)35-4-2)24-23(25(31)18-5-8-20(28)9-6-18)26(32)27(33)30(24)16-17-11-13-29-14-12-17/h5-15,24,31H,3-4,16H2,1-2H3/b25-23+. The predicted octanol–water partition coefficient (Wildman–Crippen LogP) is 4.64. The van der Waals surface area contributed by atoms with Gasteiger partial charge >= 0.3 is 0 Å². The van der Waals surface area contributed by atoms with Gasteiger partial charge in [0.1, 0.15) is 11.6 Å². The van der Waals surface area contributed by atoms with Gasteiger partial charge in [0.15, 0.2) is 11.5 Å². The second-order valence-electron chi connectivity index (χ2n) is 7.86. The van der Waals surface area contributed by atoms with Gasteiger partial charge in [-0.1, -0.05) is 6.07 Å². The number of Topliss-reactive ketones (excluding diaryl/α,β-unsaturated/α-hetero) is 1. The Morgan fingerprint density at radius 1 is 0.971 bits per heavy atom. The van der Waals surface area contributed by atoms with Gasteiger partial charge < -0.3 is 19.5 Å². The van der Waals surface area contributed by atoms with Crippen molar-refractivity contribution in [2.45, 2.75) is 26.4 Å². The first-order valence-electron chi connectivity index (χ1n) is 11.3. The molecule has 8 heteroatoms. The van der Waals surface area contributed by atoms with E-state index in [1.807, 2.05) is 13.8 Å². The molecule has 1 aliphatic rings. The van der Waals surface area contributed by atoms with Crippen LogP contribution in [-0.2, 0) is 16.1 Å². The number of likely N-dealkylation sites (tertiary alicyclic amines) is 1. The SMILES string of the molecule is CCOc1ccc(C2/C(=C(\O)c3ccc(F)cc3)C(=O)C(=O)N2Cc2ccncc2)cc1OCC. The van der Waals surface area contributed by atoms with Crippen molar-refractivity contribution < 1.29 is 28.6 Å². The minimum atomic E-state index is -0.900. The summed E-state index contributed by atoms with van der Waals surface area (Å²) in [5.74, 6) is -1.44.